The highest BCUT2D eigenvalue weighted by molar-refractivity contribution is 6.04. The van der Waals surface area contributed by atoms with Crippen molar-refractivity contribution < 1.29 is 14.3 Å². The van der Waals surface area contributed by atoms with Gasteiger partial charge in [-0.25, -0.2) is 0 Å². The van der Waals surface area contributed by atoms with Gasteiger partial charge in [0.15, 0.2) is 0 Å². The average Bonchev–Trinajstić information content (AvgIpc) is 2.75. The Kier molecular flexibility index (Phi) is 5.93. The zero-order chi connectivity index (χ0) is 19.9. The number of hydrogen-bond donors (Lipinski definition) is 1. The van der Waals surface area contributed by atoms with Gasteiger partial charge in [-0.15, -0.1) is 0 Å². The molecule has 0 aliphatic carbocycles. The number of benzene rings is 3. The number of ether oxygens (including phenoxy) is 2. The highest BCUT2D eigenvalue weighted by atomic mass is 16.5. The lowest BCUT2D eigenvalue weighted by atomic mass is 10.0. The van der Waals surface area contributed by atoms with Crippen LogP contribution in [0.5, 0.6) is 11.5 Å². The summed E-state index contributed by atoms with van der Waals surface area (Å²) in [6.45, 7) is 0.314. The molecule has 0 radical (unpaired) electrons. The SMILES string of the molecule is COc1ccc(CNC(=O)C(C#N)=Cc2c(OC)ccc3ccccc23)cc1. The largest absolute Gasteiger partial charge is 0.497 e. The number of nitriles is 1. The van der Waals surface area contributed by atoms with E-state index in [9.17, 15) is 10.1 Å². The summed E-state index contributed by atoms with van der Waals surface area (Å²) in [7, 11) is 3.17. The molecule has 28 heavy (non-hydrogen) atoms. The number of carbonyl (C=O) groups is 1. The predicted molar refractivity (Wildman–Crippen MR) is 109 cm³/mol. The van der Waals surface area contributed by atoms with Crippen LogP contribution >= 0.6 is 0 Å². The summed E-state index contributed by atoms with van der Waals surface area (Å²) >= 11 is 0. The third kappa shape index (κ3) is 4.13. The fourth-order valence-electron chi connectivity index (χ4n) is 2.92. The monoisotopic (exact) mass is 372 g/mol. The number of hydrogen-bond acceptors (Lipinski definition) is 4. The molecule has 1 amide bonds. The fraction of sp³-hybridized carbons (Fsp3) is 0.130. The zero-order valence-electron chi connectivity index (χ0n) is 15.7. The molecule has 3 rings (SSSR count). The summed E-state index contributed by atoms with van der Waals surface area (Å²) in [5, 5.41) is 14.2. The summed E-state index contributed by atoms with van der Waals surface area (Å²) in [6, 6.07) is 20.9. The first-order chi connectivity index (χ1) is 13.7. The number of methoxy groups -OCH3 is 2. The number of carbonyl (C=O) groups excluding carboxylic acids is 1. The van der Waals surface area contributed by atoms with E-state index in [0.29, 0.717) is 17.9 Å². The van der Waals surface area contributed by atoms with Gasteiger partial charge in [-0.2, -0.15) is 5.26 Å². The maximum Gasteiger partial charge on any atom is 0.262 e. The minimum Gasteiger partial charge on any atom is -0.497 e. The Bertz CT molecular complexity index is 1060. The Morgan fingerprint density at radius 2 is 1.79 bits per heavy atom. The average molecular weight is 372 g/mol. The number of amides is 1. The quantitative estimate of drug-likeness (QED) is 0.523. The van der Waals surface area contributed by atoms with E-state index in [0.717, 1.165) is 22.1 Å². The molecule has 0 aromatic heterocycles. The van der Waals surface area contributed by atoms with Gasteiger partial charge >= 0.3 is 0 Å². The summed E-state index contributed by atoms with van der Waals surface area (Å²) in [5.74, 6) is 0.915. The first-order valence-corrected chi connectivity index (χ1v) is 8.75. The number of rotatable bonds is 6. The van der Waals surface area contributed by atoms with Gasteiger partial charge in [-0.1, -0.05) is 42.5 Å². The van der Waals surface area contributed by atoms with Crippen LogP contribution in [0.15, 0.2) is 66.2 Å². The van der Waals surface area contributed by atoms with Crippen molar-refractivity contribution >= 4 is 22.8 Å². The van der Waals surface area contributed by atoms with Gasteiger partial charge in [-0.3, -0.25) is 4.79 Å². The molecule has 0 saturated heterocycles. The predicted octanol–water partition coefficient (Wildman–Crippen LogP) is 4.08. The van der Waals surface area contributed by atoms with Gasteiger partial charge in [0.05, 0.1) is 14.2 Å². The second kappa shape index (κ2) is 8.74. The van der Waals surface area contributed by atoms with E-state index in [2.05, 4.69) is 5.32 Å². The molecule has 0 aliphatic heterocycles. The molecule has 0 aliphatic rings. The summed E-state index contributed by atoms with van der Waals surface area (Å²) in [4.78, 5) is 12.5. The Morgan fingerprint density at radius 1 is 1.04 bits per heavy atom. The van der Waals surface area contributed by atoms with Crippen molar-refractivity contribution in [1.29, 1.82) is 5.26 Å². The van der Waals surface area contributed by atoms with Gasteiger partial charge in [0.2, 0.25) is 0 Å². The van der Waals surface area contributed by atoms with Crippen LogP contribution in [0.3, 0.4) is 0 Å². The van der Waals surface area contributed by atoms with Crippen LogP contribution in [-0.4, -0.2) is 20.1 Å². The minimum atomic E-state index is -0.437. The Labute approximate surface area is 163 Å². The third-order valence-corrected chi connectivity index (χ3v) is 4.42. The second-order valence-corrected chi connectivity index (χ2v) is 6.10. The Hall–Kier alpha value is -3.78. The van der Waals surface area contributed by atoms with Crippen LogP contribution in [0, 0.1) is 11.3 Å². The lowest BCUT2D eigenvalue weighted by Gasteiger charge is -2.10. The lowest BCUT2D eigenvalue weighted by molar-refractivity contribution is -0.117. The van der Waals surface area contributed by atoms with Crippen LogP contribution in [0.25, 0.3) is 16.8 Å². The maximum atomic E-state index is 12.5. The molecule has 0 saturated carbocycles. The van der Waals surface area contributed by atoms with Crippen LogP contribution in [0.4, 0.5) is 0 Å². The molecular formula is C23H20N2O3. The molecule has 5 nitrogen and oxygen atoms in total. The molecule has 0 fully saturated rings. The van der Waals surface area contributed by atoms with Crippen LogP contribution < -0.4 is 14.8 Å². The first kappa shape index (κ1) is 19.0. The van der Waals surface area contributed by atoms with E-state index >= 15 is 0 Å². The first-order valence-electron chi connectivity index (χ1n) is 8.75. The van der Waals surface area contributed by atoms with Gasteiger partial charge < -0.3 is 14.8 Å². The van der Waals surface area contributed by atoms with Gasteiger partial charge in [0, 0.05) is 12.1 Å². The van der Waals surface area contributed by atoms with Crippen LogP contribution in [0.2, 0.25) is 0 Å². The van der Waals surface area contributed by atoms with E-state index in [1.54, 1.807) is 20.3 Å². The molecule has 5 heteroatoms. The number of nitrogens with one attached hydrogen (secondary N) is 1. The van der Waals surface area contributed by atoms with Crippen LogP contribution in [0.1, 0.15) is 11.1 Å². The lowest BCUT2D eigenvalue weighted by Crippen LogP contribution is -2.23. The number of fused-ring (bicyclic) bond motifs is 1. The Morgan fingerprint density at radius 3 is 2.46 bits per heavy atom. The smallest absolute Gasteiger partial charge is 0.262 e. The molecule has 0 heterocycles. The molecule has 1 N–H and O–H groups in total. The van der Waals surface area contributed by atoms with E-state index in [-0.39, 0.29) is 5.57 Å². The topological polar surface area (TPSA) is 71.3 Å². The summed E-state index contributed by atoms with van der Waals surface area (Å²) < 4.78 is 10.6. The van der Waals surface area contributed by atoms with Crippen molar-refractivity contribution in [3.63, 3.8) is 0 Å². The second-order valence-electron chi connectivity index (χ2n) is 6.10. The molecule has 3 aromatic carbocycles. The highest BCUT2D eigenvalue weighted by Gasteiger charge is 2.13. The summed E-state index contributed by atoms with van der Waals surface area (Å²) in [5.41, 5.74) is 1.63. The zero-order valence-corrected chi connectivity index (χ0v) is 15.7. The van der Waals surface area contributed by atoms with Crippen molar-refractivity contribution in [2.45, 2.75) is 6.54 Å². The normalized spacial score (nSPS) is 11.0. The standard InChI is InChI=1S/C23H20N2O3/c1-27-19-10-7-16(8-11-19)15-25-23(26)18(14-24)13-21-20-6-4-3-5-17(20)9-12-22(21)28-2/h3-13H,15H2,1-2H3,(H,25,26). The van der Waals surface area contributed by atoms with Gasteiger partial charge in [0.25, 0.3) is 5.91 Å². The molecule has 140 valence electrons. The third-order valence-electron chi connectivity index (χ3n) is 4.42. The molecule has 0 bridgehead atoms. The van der Waals surface area contributed by atoms with Gasteiger partial charge in [-0.05, 0) is 40.6 Å². The van der Waals surface area contributed by atoms with Crippen molar-refractivity contribution in [2.75, 3.05) is 14.2 Å². The fourth-order valence-corrected chi connectivity index (χ4v) is 2.92. The van der Waals surface area contributed by atoms with E-state index in [1.165, 1.54) is 0 Å². The minimum absolute atomic E-state index is 0.0168. The van der Waals surface area contributed by atoms with E-state index < -0.39 is 5.91 Å². The molecular weight excluding hydrogens is 352 g/mol. The molecule has 3 aromatic rings. The number of nitrogens with zero attached hydrogens (tertiary/aromatic N) is 1. The van der Waals surface area contributed by atoms with Crippen molar-refractivity contribution in [1.82, 2.24) is 5.32 Å². The molecule has 0 unspecified atom stereocenters. The Balaban J connectivity index is 1.86. The van der Waals surface area contributed by atoms with Crippen molar-refractivity contribution in [3.8, 4) is 17.6 Å². The molecule has 0 spiro atoms. The van der Waals surface area contributed by atoms with Crippen LogP contribution in [-0.2, 0) is 11.3 Å². The van der Waals surface area contributed by atoms with Crippen molar-refractivity contribution in [3.05, 3.63) is 77.4 Å². The maximum absolute atomic E-state index is 12.5. The summed E-state index contributed by atoms with van der Waals surface area (Å²) in [6.07, 6.45) is 1.57. The highest BCUT2D eigenvalue weighted by Crippen LogP contribution is 2.30. The van der Waals surface area contributed by atoms with Crippen molar-refractivity contribution in [2.24, 2.45) is 0 Å². The van der Waals surface area contributed by atoms with Gasteiger partial charge in [0.1, 0.15) is 23.1 Å². The molecule has 0 atom stereocenters. The van der Waals surface area contributed by atoms with E-state index in [4.69, 9.17) is 9.47 Å². The van der Waals surface area contributed by atoms with E-state index in [1.807, 2.05) is 66.7 Å².